The van der Waals surface area contributed by atoms with Gasteiger partial charge in [-0.1, -0.05) is 19.4 Å². The van der Waals surface area contributed by atoms with Crippen LogP contribution in [0.3, 0.4) is 0 Å². The highest BCUT2D eigenvalue weighted by Gasteiger charge is 2.23. The van der Waals surface area contributed by atoms with Gasteiger partial charge in [0.1, 0.15) is 0 Å². The molecule has 1 aliphatic carbocycles. The molecule has 1 unspecified atom stereocenters. The lowest BCUT2D eigenvalue weighted by Gasteiger charge is -2.27. The minimum atomic E-state index is 0.280. The molecule has 1 atom stereocenters. The summed E-state index contributed by atoms with van der Waals surface area (Å²) in [4.78, 5) is 11.3. The largest absolute Gasteiger partial charge is 0.295 e. The number of rotatable bonds is 2. The Balaban J connectivity index is 2.76. The Morgan fingerprint density at radius 2 is 2.08 bits per heavy atom. The Kier molecular flexibility index (Phi) is 3.29. The summed E-state index contributed by atoms with van der Waals surface area (Å²) >= 11 is 0. The number of hydrogen-bond acceptors (Lipinski definition) is 1. The first-order valence-corrected chi connectivity index (χ1v) is 5.22. The molecule has 0 aromatic carbocycles. The Hall–Kier alpha value is -0.590. The third-order valence-electron chi connectivity index (χ3n) is 3.24. The van der Waals surface area contributed by atoms with Crippen LogP contribution in [-0.2, 0) is 4.79 Å². The first-order valence-electron chi connectivity index (χ1n) is 5.22. The van der Waals surface area contributed by atoms with E-state index in [-0.39, 0.29) is 5.78 Å². The van der Waals surface area contributed by atoms with Crippen LogP contribution in [0.1, 0.15) is 47.0 Å². The van der Waals surface area contributed by atoms with Crippen LogP contribution in [-0.4, -0.2) is 5.78 Å². The van der Waals surface area contributed by atoms with E-state index in [4.69, 9.17) is 0 Å². The number of carbonyl (C=O) groups is 1. The van der Waals surface area contributed by atoms with Gasteiger partial charge in [-0.25, -0.2) is 0 Å². The van der Waals surface area contributed by atoms with Crippen molar-refractivity contribution in [2.24, 2.45) is 11.8 Å². The van der Waals surface area contributed by atoms with Crippen molar-refractivity contribution in [2.75, 3.05) is 0 Å². The van der Waals surface area contributed by atoms with Gasteiger partial charge < -0.3 is 0 Å². The zero-order chi connectivity index (χ0) is 10.0. The van der Waals surface area contributed by atoms with Crippen LogP contribution in [0.25, 0.3) is 0 Å². The fourth-order valence-corrected chi connectivity index (χ4v) is 2.10. The summed E-state index contributed by atoms with van der Waals surface area (Å²) in [7, 11) is 0. The summed E-state index contributed by atoms with van der Waals surface area (Å²) in [6, 6.07) is 0. The van der Waals surface area contributed by atoms with E-state index in [0.29, 0.717) is 5.92 Å². The first kappa shape index (κ1) is 10.5. The summed E-state index contributed by atoms with van der Waals surface area (Å²) in [5, 5.41) is 0. The predicted octanol–water partition coefficient (Wildman–Crippen LogP) is 3.35. The zero-order valence-corrected chi connectivity index (χ0v) is 9.18. The molecule has 0 radical (unpaired) electrons. The second-order valence-electron chi connectivity index (χ2n) is 4.56. The SMILES string of the molecule is CC(=O)C1=C(C)CCC(C(C)C)C1. The van der Waals surface area contributed by atoms with Crippen molar-refractivity contribution in [3.05, 3.63) is 11.1 Å². The van der Waals surface area contributed by atoms with E-state index in [1.165, 1.54) is 12.0 Å². The molecule has 0 saturated heterocycles. The highest BCUT2D eigenvalue weighted by atomic mass is 16.1. The van der Waals surface area contributed by atoms with Crippen LogP contribution in [0.5, 0.6) is 0 Å². The van der Waals surface area contributed by atoms with E-state index < -0.39 is 0 Å². The van der Waals surface area contributed by atoms with Gasteiger partial charge in [0, 0.05) is 0 Å². The van der Waals surface area contributed by atoms with Gasteiger partial charge in [0.25, 0.3) is 0 Å². The summed E-state index contributed by atoms with van der Waals surface area (Å²) in [6.07, 6.45) is 3.40. The van der Waals surface area contributed by atoms with Gasteiger partial charge in [-0.3, -0.25) is 4.79 Å². The van der Waals surface area contributed by atoms with Gasteiger partial charge in [-0.05, 0) is 50.5 Å². The van der Waals surface area contributed by atoms with Gasteiger partial charge in [-0.2, -0.15) is 0 Å². The van der Waals surface area contributed by atoms with E-state index in [2.05, 4.69) is 20.8 Å². The highest BCUT2D eigenvalue weighted by molar-refractivity contribution is 5.94. The van der Waals surface area contributed by atoms with Crippen molar-refractivity contribution in [2.45, 2.75) is 47.0 Å². The highest BCUT2D eigenvalue weighted by Crippen LogP contribution is 2.33. The van der Waals surface area contributed by atoms with Crippen LogP contribution < -0.4 is 0 Å². The topological polar surface area (TPSA) is 17.1 Å². The standard InChI is InChI=1S/C12H20O/c1-8(2)11-6-5-9(3)12(7-11)10(4)13/h8,11H,5-7H2,1-4H3. The summed E-state index contributed by atoms with van der Waals surface area (Å²) < 4.78 is 0. The molecule has 1 rings (SSSR count). The molecule has 0 N–H and O–H groups in total. The molecule has 13 heavy (non-hydrogen) atoms. The minimum Gasteiger partial charge on any atom is -0.295 e. The number of allylic oxidation sites excluding steroid dienone is 2. The molecule has 1 heteroatoms. The molecule has 0 bridgehead atoms. The van der Waals surface area contributed by atoms with Gasteiger partial charge in [-0.15, -0.1) is 0 Å². The molecule has 0 aromatic rings. The quantitative estimate of drug-likeness (QED) is 0.637. The van der Waals surface area contributed by atoms with Crippen LogP contribution in [0.4, 0.5) is 0 Å². The molecule has 0 fully saturated rings. The van der Waals surface area contributed by atoms with E-state index in [9.17, 15) is 4.79 Å². The fourth-order valence-electron chi connectivity index (χ4n) is 2.10. The smallest absolute Gasteiger partial charge is 0.155 e. The third kappa shape index (κ3) is 2.43. The predicted molar refractivity (Wildman–Crippen MR) is 55.6 cm³/mol. The zero-order valence-electron chi connectivity index (χ0n) is 9.18. The van der Waals surface area contributed by atoms with Crippen molar-refractivity contribution in [1.29, 1.82) is 0 Å². The number of hydrogen-bond donors (Lipinski definition) is 0. The number of carbonyl (C=O) groups excluding carboxylic acids is 1. The van der Waals surface area contributed by atoms with E-state index in [1.807, 2.05) is 0 Å². The average molecular weight is 180 g/mol. The summed E-state index contributed by atoms with van der Waals surface area (Å²) in [5.74, 6) is 1.72. The maximum atomic E-state index is 11.3. The second kappa shape index (κ2) is 4.08. The molecular formula is C12H20O. The Morgan fingerprint density at radius 1 is 1.46 bits per heavy atom. The molecule has 1 nitrogen and oxygen atoms in total. The molecule has 0 amide bonds. The van der Waals surface area contributed by atoms with Crippen LogP contribution >= 0.6 is 0 Å². The molecule has 0 heterocycles. The molecular weight excluding hydrogens is 160 g/mol. The lowest BCUT2D eigenvalue weighted by atomic mass is 9.78. The molecule has 0 aliphatic heterocycles. The average Bonchev–Trinajstić information content (AvgIpc) is 2.04. The molecule has 0 saturated carbocycles. The van der Waals surface area contributed by atoms with Crippen molar-refractivity contribution in [1.82, 2.24) is 0 Å². The normalized spacial score (nSPS) is 23.9. The molecule has 1 aliphatic rings. The van der Waals surface area contributed by atoms with E-state index in [0.717, 1.165) is 24.3 Å². The van der Waals surface area contributed by atoms with Gasteiger partial charge in [0.2, 0.25) is 0 Å². The molecule has 74 valence electrons. The first-order chi connectivity index (χ1) is 6.02. The Morgan fingerprint density at radius 3 is 2.54 bits per heavy atom. The second-order valence-corrected chi connectivity index (χ2v) is 4.56. The Labute approximate surface area is 81.2 Å². The maximum Gasteiger partial charge on any atom is 0.155 e. The van der Waals surface area contributed by atoms with Gasteiger partial charge in [0.05, 0.1) is 0 Å². The third-order valence-corrected chi connectivity index (χ3v) is 3.24. The van der Waals surface area contributed by atoms with E-state index in [1.54, 1.807) is 6.92 Å². The summed E-state index contributed by atoms with van der Waals surface area (Å²) in [5.41, 5.74) is 2.43. The van der Waals surface area contributed by atoms with Crippen molar-refractivity contribution < 1.29 is 4.79 Å². The monoisotopic (exact) mass is 180 g/mol. The van der Waals surface area contributed by atoms with Crippen LogP contribution in [0, 0.1) is 11.8 Å². The summed E-state index contributed by atoms with van der Waals surface area (Å²) in [6.45, 7) is 8.31. The van der Waals surface area contributed by atoms with Crippen molar-refractivity contribution in [3.8, 4) is 0 Å². The molecule has 0 aromatic heterocycles. The lowest BCUT2D eigenvalue weighted by molar-refractivity contribution is -0.114. The number of Topliss-reactive ketones (excluding diaryl/α,β-unsaturated/α-hetero) is 1. The maximum absolute atomic E-state index is 11.3. The van der Waals surface area contributed by atoms with Gasteiger partial charge >= 0.3 is 0 Å². The lowest BCUT2D eigenvalue weighted by Crippen LogP contribution is -2.18. The van der Waals surface area contributed by atoms with Crippen LogP contribution in [0.15, 0.2) is 11.1 Å². The van der Waals surface area contributed by atoms with Crippen LogP contribution in [0.2, 0.25) is 0 Å². The van der Waals surface area contributed by atoms with Crippen molar-refractivity contribution in [3.63, 3.8) is 0 Å². The Bertz CT molecular complexity index is 236. The molecule has 0 spiro atoms. The number of ketones is 1. The van der Waals surface area contributed by atoms with E-state index >= 15 is 0 Å². The minimum absolute atomic E-state index is 0.280. The van der Waals surface area contributed by atoms with Crippen molar-refractivity contribution >= 4 is 5.78 Å². The van der Waals surface area contributed by atoms with Gasteiger partial charge in [0.15, 0.2) is 5.78 Å². The fraction of sp³-hybridized carbons (Fsp3) is 0.750.